The van der Waals surface area contributed by atoms with Gasteiger partial charge in [-0.1, -0.05) is 0 Å². The quantitative estimate of drug-likeness (QED) is 0.673. The highest BCUT2D eigenvalue weighted by Crippen LogP contribution is 2.04. The van der Waals surface area contributed by atoms with Gasteiger partial charge in [-0.05, 0) is 18.2 Å². The first kappa shape index (κ1) is 9.09. The number of rotatable bonds is 2. The van der Waals surface area contributed by atoms with Crippen LogP contribution in [0.4, 0.5) is 0 Å². The Kier molecular flexibility index (Phi) is 2.25. The number of aldehydes is 1. The second kappa shape index (κ2) is 3.72. The number of carbonyl (C=O) groups excluding carboxylic acids is 1. The monoisotopic (exact) mass is 198 g/mol. The zero-order chi connectivity index (χ0) is 10.7. The zero-order valence-corrected chi connectivity index (χ0v) is 7.66. The Labute approximate surface area is 85.6 Å². The van der Waals surface area contributed by atoms with E-state index in [9.17, 15) is 4.79 Å². The second-order valence-corrected chi connectivity index (χ2v) is 2.82. The van der Waals surface area contributed by atoms with Gasteiger partial charge in [0.2, 0.25) is 0 Å². The van der Waals surface area contributed by atoms with E-state index in [1.54, 1.807) is 24.4 Å². The summed E-state index contributed by atoms with van der Waals surface area (Å²) in [7, 11) is 0. The van der Waals surface area contributed by atoms with E-state index in [-0.39, 0.29) is 0 Å². The maximum absolute atomic E-state index is 10.4. The molecule has 0 amide bonds. The summed E-state index contributed by atoms with van der Waals surface area (Å²) in [4.78, 5) is 14.4. The maximum Gasteiger partial charge on any atom is 0.170 e. The van der Waals surface area contributed by atoms with E-state index >= 15 is 0 Å². The van der Waals surface area contributed by atoms with Crippen LogP contribution in [0, 0.1) is 11.3 Å². The molecule has 0 aliphatic heterocycles. The molecule has 5 nitrogen and oxygen atoms in total. The summed E-state index contributed by atoms with van der Waals surface area (Å²) in [5.74, 6) is 0.571. The summed E-state index contributed by atoms with van der Waals surface area (Å²) in [5.41, 5.74) is 0.836. The van der Waals surface area contributed by atoms with Crippen molar-refractivity contribution in [3.63, 3.8) is 0 Å². The number of carbonyl (C=O) groups is 1. The van der Waals surface area contributed by atoms with Crippen molar-refractivity contribution in [2.75, 3.05) is 0 Å². The van der Waals surface area contributed by atoms with Crippen LogP contribution in [0.3, 0.4) is 0 Å². The molecule has 72 valence electrons. The van der Waals surface area contributed by atoms with E-state index in [0.717, 1.165) is 0 Å². The predicted molar refractivity (Wildman–Crippen MR) is 51.5 cm³/mol. The number of hydrogen-bond donors (Lipinski definition) is 0. The SMILES string of the molecule is N#Cc1ccc(-n2ccc(C=O)n2)nc1. The number of hydrogen-bond acceptors (Lipinski definition) is 4. The Morgan fingerprint density at radius 1 is 1.40 bits per heavy atom. The Balaban J connectivity index is 2.37. The van der Waals surface area contributed by atoms with Crippen LogP contribution in [-0.2, 0) is 0 Å². The molecule has 0 saturated carbocycles. The lowest BCUT2D eigenvalue weighted by Gasteiger charge is -1.98. The average molecular weight is 198 g/mol. The van der Waals surface area contributed by atoms with Gasteiger partial charge in [0.25, 0.3) is 0 Å². The Morgan fingerprint density at radius 2 is 2.27 bits per heavy atom. The molecule has 0 unspecified atom stereocenters. The molecule has 0 aromatic carbocycles. The fraction of sp³-hybridized carbons (Fsp3) is 0. The van der Waals surface area contributed by atoms with E-state index in [2.05, 4.69) is 10.1 Å². The third-order valence-corrected chi connectivity index (χ3v) is 1.84. The maximum atomic E-state index is 10.4. The summed E-state index contributed by atoms with van der Waals surface area (Å²) in [6, 6.07) is 6.87. The minimum absolute atomic E-state index is 0.348. The van der Waals surface area contributed by atoms with Crippen molar-refractivity contribution in [2.45, 2.75) is 0 Å². The molecule has 0 aliphatic carbocycles. The first-order valence-electron chi connectivity index (χ1n) is 4.21. The largest absolute Gasteiger partial charge is 0.296 e. The lowest BCUT2D eigenvalue weighted by atomic mass is 10.3. The van der Waals surface area contributed by atoms with E-state index < -0.39 is 0 Å². The van der Waals surface area contributed by atoms with Gasteiger partial charge in [0.15, 0.2) is 12.1 Å². The Bertz CT molecular complexity index is 521. The Morgan fingerprint density at radius 3 is 2.80 bits per heavy atom. The van der Waals surface area contributed by atoms with Crippen LogP contribution in [0.1, 0.15) is 16.1 Å². The molecule has 2 heterocycles. The van der Waals surface area contributed by atoms with Gasteiger partial charge in [-0.2, -0.15) is 10.4 Å². The molecule has 2 rings (SSSR count). The van der Waals surface area contributed by atoms with Crippen molar-refractivity contribution in [1.29, 1.82) is 5.26 Å². The number of pyridine rings is 1. The highest BCUT2D eigenvalue weighted by Gasteiger charge is 2.00. The van der Waals surface area contributed by atoms with Crippen LogP contribution in [0.2, 0.25) is 0 Å². The van der Waals surface area contributed by atoms with Crippen molar-refractivity contribution in [3.8, 4) is 11.9 Å². The molecule has 0 N–H and O–H groups in total. The lowest BCUT2D eigenvalue weighted by Crippen LogP contribution is -1.98. The molecule has 2 aromatic heterocycles. The molecule has 0 fully saturated rings. The number of aromatic nitrogens is 3. The van der Waals surface area contributed by atoms with Gasteiger partial charge in [0.05, 0.1) is 5.56 Å². The highest BCUT2D eigenvalue weighted by atomic mass is 16.1. The minimum atomic E-state index is 0.348. The molecular formula is C10H6N4O. The van der Waals surface area contributed by atoms with E-state index in [1.807, 2.05) is 6.07 Å². The van der Waals surface area contributed by atoms with Gasteiger partial charge in [-0.3, -0.25) is 4.79 Å². The van der Waals surface area contributed by atoms with E-state index in [0.29, 0.717) is 23.4 Å². The third-order valence-electron chi connectivity index (χ3n) is 1.84. The van der Waals surface area contributed by atoms with Crippen LogP contribution < -0.4 is 0 Å². The van der Waals surface area contributed by atoms with Crippen molar-refractivity contribution in [3.05, 3.63) is 41.9 Å². The lowest BCUT2D eigenvalue weighted by molar-refractivity contribution is 0.111. The van der Waals surface area contributed by atoms with Crippen molar-refractivity contribution in [2.24, 2.45) is 0 Å². The van der Waals surface area contributed by atoms with Gasteiger partial charge in [0.1, 0.15) is 11.8 Å². The molecule has 0 bridgehead atoms. The standard InChI is InChI=1S/C10H6N4O/c11-5-8-1-2-10(12-6-8)14-4-3-9(7-15)13-14/h1-4,6-7H. The van der Waals surface area contributed by atoms with Crippen LogP contribution in [0.25, 0.3) is 5.82 Å². The van der Waals surface area contributed by atoms with E-state index in [1.165, 1.54) is 10.9 Å². The van der Waals surface area contributed by atoms with Crippen molar-refractivity contribution < 1.29 is 4.79 Å². The van der Waals surface area contributed by atoms with Crippen LogP contribution in [-0.4, -0.2) is 21.1 Å². The molecule has 15 heavy (non-hydrogen) atoms. The summed E-state index contributed by atoms with van der Waals surface area (Å²) in [6.45, 7) is 0. The van der Waals surface area contributed by atoms with Crippen molar-refractivity contribution >= 4 is 6.29 Å². The normalized spacial score (nSPS) is 9.53. The smallest absolute Gasteiger partial charge is 0.170 e. The highest BCUT2D eigenvalue weighted by molar-refractivity contribution is 5.71. The van der Waals surface area contributed by atoms with Crippen LogP contribution in [0.15, 0.2) is 30.6 Å². The van der Waals surface area contributed by atoms with Crippen LogP contribution in [0.5, 0.6) is 0 Å². The van der Waals surface area contributed by atoms with Gasteiger partial charge in [-0.15, -0.1) is 0 Å². The molecule has 0 saturated heterocycles. The predicted octanol–water partition coefficient (Wildman–Crippen LogP) is 0.951. The molecular weight excluding hydrogens is 192 g/mol. The fourth-order valence-corrected chi connectivity index (χ4v) is 1.12. The summed E-state index contributed by atoms with van der Waals surface area (Å²) < 4.78 is 1.48. The summed E-state index contributed by atoms with van der Waals surface area (Å²) >= 11 is 0. The van der Waals surface area contributed by atoms with Gasteiger partial charge < -0.3 is 0 Å². The Hall–Kier alpha value is -2.48. The molecule has 2 aromatic rings. The van der Waals surface area contributed by atoms with Gasteiger partial charge in [0, 0.05) is 12.4 Å². The van der Waals surface area contributed by atoms with Crippen molar-refractivity contribution in [1.82, 2.24) is 14.8 Å². The molecule has 0 radical (unpaired) electrons. The summed E-state index contributed by atoms with van der Waals surface area (Å²) in [5, 5.41) is 12.5. The van der Waals surface area contributed by atoms with E-state index in [4.69, 9.17) is 5.26 Å². The first-order valence-corrected chi connectivity index (χ1v) is 4.21. The minimum Gasteiger partial charge on any atom is -0.296 e. The number of nitriles is 1. The molecule has 0 atom stereocenters. The third kappa shape index (κ3) is 1.74. The summed E-state index contributed by atoms with van der Waals surface area (Å²) in [6.07, 6.45) is 3.76. The first-order chi connectivity index (χ1) is 7.33. The second-order valence-electron chi connectivity index (χ2n) is 2.82. The van der Waals surface area contributed by atoms with Gasteiger partial charge >= 0.3 is 0 Å². The molecule has 0 aliphatic rings. The topological polar surface area (TPSA) is 71.6 Å². The average Bonchev–Trinajstić information content (AvgIpc) is 2.78. The van der Waals surface area contributed by atoms with Gasteiger partial charge in [-0.25, -0.2) is 9.67 Å². The molecule has 5 heteroatoms. The molecule has 0 spiro atoms. The number of nitrogens with zero attached hydrogens (tertiary/aromatic N) is 4. The fourth-order valence-electron chi connectivity index (χ4n) is 1.12. The zero-order valence-electron chi connectivity index (χ0n) is 7.66. The van der Waals surface area contributed by atoms with Crippen LogP contribution >= 0.6 is 0 Å².